The van der Waals surface area contributed by atoms with Gasteiger partial charge in [-0.1, -0.05) is 98.3 Å². The molecule has 0 spiro atoms. The van der Waals surface area contributed by atoms with E-state index >= 15 is 0 Å². The van der Waals surface area contributed by atoms with E-state index in [1.165, 1.54) is 57.8 Å². The molecule has 0 radical (unpaired) electrons. The first kappa shape index (κ1) is 24.0. The van der Waals surface area contributed by atoms with Gasteiger partial charge < -0.3 is 0 Å². The van der Waals surface area contributed by atoms with Crippen LogP contribution in [-0.2, 0) is 4.79 Å². The molecule has 0 amide bonds. The molecule has 0 heterocycles. The van der Waals surface area contributed by atoms with E-state index in [4.69, 9.17) is 0 Å². The van der Waals surface area contributed by atoms with Crippen LogP contribution >= 0.6 is 11.8 Å². The zero-order valence-electron chi connectivity index (χ0n) is 17.5. The molecule has 0 saturated heterocycles. The summed E-state index contributed by atoms with van der Waals surface area (Å²) in [6.07, 6.45) is 13.6. The van der Waals surface area contributed by atoms with E-state index in [2.05, 4.69) is 41.5 Å². The third-order valence-electron chi connectivity index (χ3n) is 4.66. The molecule has 0 aromatic carbocycles. The molecule has 0 N–H and O–H groups in total. The van der Waals surface area contributed by atoms with E-state index in [1.807, 2.05) is 0 Å². The summed E-state index contributed by atoms with van der Waals surface area (Å²) < 4.78 is 0. The van der Waals surface area contributed by atoms with Gasteiger partial charge in [0.2, 0.25) is 0 Å². The van der Waals surface area contributed by atoms with Crippen molar-refractivity contribution >= 4 is 16.9 Å². The topological polar surface area (TPSA) is 17.1 Å². The van der Waals surface area contributed by atoms with Crippen molar-refractivity contribution in [2.75, 3.05) is 5.75 Å². The highest BCUT2D eigenvalue weighted by atomic mass is 32.2. The van der Waals surface area contributed by atoms with Gasteiger partial charge in [-0.2, -0.15) is 0 Å². The molecule has 0 fully saturated rings. The van der Waals surface area contributed by atoms with Crippen molar-refractivity contribution in [1.29, 1.82) is 0 Å². The molecule has 144 valence electrons. The van der Waals surface area contributed by atoms with Crippen molar-refractivity contribution in [3.8, 4) is 0 Å². The Morgan fingerprint density at radius 2 is 1.46 bits per heavy atom. The number of thioether (sulfide) groups is 1. The molecular formula is C22H44OS. The van der Waals surface area contributed by atoms with E-state index in [0.29, 0.717) is 10.5 Å². The summed E-state index contributed by atoms with van der Waals surface area (Å²) >= 11 is 1.58. The van der Waals surface area contributed by atoms with Gasteiger partial charge in [-0.15, -0.1) is 0 Å². The first-order valence-corrected chi connectivity index (χ1v) is 11.3. The van der Waals surface area contributed by atoms with Crippen LogP contribution in [0.3, 0.4) is 0 Å². The highest BCUT2D eigenvalue weighted by molar-refractivity contribution is 8.13. The Labute approximate surface area is 157 Å². The molecule has 0 aliphatic rings. The normalized spacial score (nSPS) is 13.5. The second-order valence-electron chi connectivity index (χ2n) is 9.27. The fourth-order valence-electron chi connectivity index (χ4n) is 2.92. The second-order valence-corrected chi connectivity index (χ2v) is 10.4. The minimum Gasteiger partial charge on any atom is -0.287 e. The van der Waals surface area contributed by atoms with Crippen molar-refractivity contribution in [3.63, 3.8) is 0 Å². The van der Waals surface area contributed by atoms with Crippen LogP contribution in [0.5, 0.6) is 0 Å². The number of carbonyl (C=O) groups excluding carboxylic acids is 1. The Kier molecular flexibility index (Phi) is 14.2. The Balaban J connectivity index is 3.41. The Bertz CT molecular complexity index is 304. The third-order valence-corrected chi connectivity index (χ3v) is 5.63. The lowest BCUT2D eigenvalue weighted by atomic mass is 9.89. The van der Waals surface area contributed by atoms with Gasteiger partial charge in [-0.25, -0.2) is 0 Å². The van der Waals surface area contributed by atoms with Crippen LogP contribution in [-0.4, -0.2) is 10.9 Å². The molecular weight excluding hydrogens is 312 g/mol. The first-order chi connectivity index (χ1) is 11.2. The van der Waals surface area contributed by atoms with Crippen molar-refractivity contribution in [2.24, 2.45) is 17.3 Å². The average Bonchev–Trinajstić information content (AvgIpc) is 2.44. The predicted octanol–water partition coefficient (Wildman–Crippen LogP) is 7.88. The lowest BCUT2D eigenvalue weighted by molar-refractivity contribution is -0.111. The van der Waals surface area contributed by atoms with Crippen LogP contribution in [0.25, 0.3) is 0 Å². The molecule has 0 aliphatic heterocycles. The van der Waals surface area contributed by atoms with Crippen LogP contribution in [0, 0.1) is 17.3 Å². The lowest BCUT2D eigenvalue weighted by Gasteiger charge is -2.17. The smallest absolute Gasteiger partial charge is 0.188 e. The summed E-state index contributed by atoms with van der Waals surface area (Å²) in [6.45, 7) is 13.9. The zero-order chi connectivity index (χ0) is 18.4. The molecule has 1 atom stereocenters. The molecule has 0 bridgehead atoms. The number of carbonyl (C=O) groups is 1. The highest BCUT2D eigenvalue weighted by Gasteiger charge is 2.09. The monoisotopic (exact) mass is 356 g/mol. The van der Waals surface area contributed by atoms with Crippen molar-refractivity contribution in [1.82, 2.24) is 0 Å². The molecule has 0 saturated carbocycles. The van der Waals surface area contributed by atoms with Crippen LogP contribution in [0.4, 0.5) is 0 Å². The first-order valence-electron chi connectivity index (χ1n) is 10.4. The maximum absolute atomic E-state index is 11.9. The number of rotatable bonds is 14. The molecule has 1 nitrogen and oxygen atoms in total. The predicted molar refractivity (Wildman–Crippen MR) is 112 cm³/mol. The van der Waals surface area contributed by atoms with Gasteiger partial charge in [-0.3, -0.25) is 4.79 Å². The fourth-order valence-corrected chi connectivity index (χ4v) is 3.96. The molecule has 24 heavy (non-hydrogen) atoms. The molecule has 1 unspecified atom stereocenters. The van der Waals surface area contributed by atoms with Gasteiger partial charge >= 0.3 is 0 Å². The van der Waals surface area contributed by atoms with Gasteiger partial charge in [-0.05, 0) is 36.5 Å². The van der Waals surface area contributed by atoms with Crippen LogP contribution in [0.2, 0.25) is 0 Å². The number of unbranched alkanes of at least 4 members (excludes halogenated alkanes) is 4. The Hall–Kier alpha value is 0.0200. The standard InChI is InChI=1S/C22H44OS/c1-19(2)13-12-14-20(3)16-18-24-21(23)15-10-8-7-9-11-17-22(4,5)6/h19-20H,7-18H2,1-6H3. The number of hydrogen-bond acceptors (Lipinski definition) is 2. The van der Waals surface area contributed by atoms with E-state index < -0.39 is 0 Å². The summed E-state index contributed by atoms with van der Waals surface area (Å²) in [5, 5.41) is 0.416. The van der Waals surface area contributed by atoms with E-state index in [-0.39, 0.29) is 0 Å². The molecule has 0 aromatic heterocycles. The maximum Gasteiger partial charge on any atom is 0.188 e. The second kappa shape index (κ2) is 14.2. The Morgan fingerprint density at radius 3 is 2.08 bits per heavy atom. The maximum atomic E-state index is 11.9. The fraction of sp³-hybridized carbons (Fsp3) is 0.955. The zero-order valence-corrected chi connectivity index (χ0v) is 18.3. The van der Waals surface area contributed by atoms with Gasteiger partial charge in [0.1, 0.15) is 0 Å². The SMILES string of the molecule is CC(C)CCCC(C)CCSC(=O)CCCCCCCC(C)(C)C. The van der Waals surface area contributed by atoms with Crippen LogP contribution < -0.4 is 0 Å². The number of hydrogen-bond donors (Lipinski definition) is 0. The quantitative estimate of drug-likeness (QED) is 0.294. The third kappa shape index (κ3) is 18.4. The summed E-state index contributed by atoms with van der Waals surface area (Å²) in [7, 11) is 0. The molecule has 2 heteroatoms. The molecule has 0 aromatic rings. The van der Waals surface area contributed by atoms with Crippen molar-refractivity contribution in [2.45, 2.75) is 112 Å². The van der Waals surface area contributed by atoms with Gasteiger partial charge in [0, 0.05) is 12.2 Å². The lowest BCUT2D eigenvalue weighted by Crippen LogP contribution is -2.03. The van der Waals surface area contributed by atoms with Gasteiger partial charge in [0.05, 0.1) is 0 Å². The van der Waals surface area contributed by atoms with Gasteiger partial charge in [0.15, 0.2) is 5.12 Å². The average molecular weight is 357 g/mol. The van der Waals surface area contributed by atoms with Crippen molar-refractivity contribution in [3.05, 3.63) is 0 Å². The van der Waals surface area contributed by atoms with Gasteiger partial charge in [0.25, 0.3) is 0 Å². The Morgan fingerprint density at radius 1 is 0.833 bits per heavy atom. The summed E-state index contributed by atoms with van der Waals surface area (Å²) in [5.74, 6) is 2.61. The summed E-state index contributed by atoms with van der Waals surface area (Å²) in [5.41, 5.74) is 0.471. The largest absolute Gasteiger partial charge is 0.287 e. The van der Waals surface area contributed by atoms with E-state index in [0.717, 1.165) is 30.4 Å². The van der Waals surface area contributed by atoms with Crippen molar-refractivity contribution < 1.29 is 4.79 Å². The van der Waals surface area contributed by atoms with Crippen LogP contribution in [0.1, 0.15) is 112 Å². The highest BCUT2D eigenvalue weighted by Crippen LogP contribution is 2.23. The van der Waals surface area contributed by atoms with E-state index in [9.17, 15) is 4.79 Å². The van der Waals surface area contributed by atoms with Crippen LogP contribution in [0.15, 0.2) is 0 Å². The molecule has 0 aliphatic carbocycles. The summed E-state index contributed by atoms with van der Waals surface area (Å²) in [6, 6.07) is 0. The molecule has 0 rings (SSSR count). The summed E-state index contributed by atoms with van der Waals surface area (Å²) in [4.78, 5) is 11.9. The minimum atomic E-state index is 0.416. The van der Waals surface area contributed by atoms with E-state index in [1.54, 1.807) is 11.8 Å². The minimum absolute atomic E-state index is 0.416.